The van der Waals surface area contributed by atoms with Gasteiger partial charge < -0.3 is 10.1 Å². The first-order chi connectivity index (χ1) is 14.9. The molecule has 2 heterocycles. The summed E-state index contributed by atoms with van der Waals surface area (Å²) in [6.45, 7) is 1.03. The third-order valence-corrected chi connectivity index (χ3v) is 8.19. The number of sulfonamides is 1. The molecular weight excluding hydrogens is 416 g/mol. The Bertz CT molecular complexity index is 1060. The number of fused-ring (bicyclic) bond motifs is 1. The van der Waals surface area contributed by atoms with Gasteiger partial charge in [-0.25, -0.2) is 8.42 Å². The monoisotopic (exact) mass is 446 g/mol. The van der Waals surface area contributed by atoms with E-state index in [0.29, 0.717) is 18.8 Å². The minimum absolute atomic E-state index is 0.131. The van der Waals surface area contributed by atoms with Gasteiger partial charge in [-0.1, -0.05) is 12.8 Å². The zero-order chi connectivity index (χ0) is 22.0. The molecule has 4 rings (SSSR count). The number of hydrogen-bond donors (Lipinski definition) is 1. The number of carbonyl (C=O) groups excluding carboxylic acids is 1. The molecule has 0 bridgehead atoms. The molecule has 1 amide bonds. The van der Waals surface area contributed by atoms with Gasteiger partial charge in [0.15, 0.2) is 0 Å². The van der Waals surface area contributed by atoms with Crippen LogP contribution in [0.15, 0.2) is 29.3 Å². The Hall–Kier alpha value is -2.39. The summed E-state index contributed by atoms with van der Waals surface area (Å²) in [5.41, 5.74) is 2.38. The van der Waals surface area contributed by atoms with E-state index in [1.807, 2.05) is 11.7 Å². The molecule has 1 fully saturated rings. The maximum absolute atomic E-state index is 13.2. The lowest BCUT2D eigenvalue weighted by molar-refractivity contribution is 0.0929. The van der Waals surface area contributed by atoms with Gasteiger partial charge in [0.1, 0.15) is 5.75 Å². The van der Waals surface area contributed by atoms with Crippen molar-refractivity contribution in [1.29, 1.82) is 0 Å². The molecule has 0 spiro atoms. The van der Waals surface area contributed by atoms with Gasteiger partial charge in [0.2, 0.25) is 10.0 Å². The lowest BCUT2D eigenvalue weighted by Gasteiger charge is -2.24. The highest BCUT2D eigenvalue weighted by Crippen LogP contribution is 2.31. The van der Waals surface area contributed by atoms with Crippen LogP contribution < -0.4 is 10.1 Å². The fourth-order valence-electron chi connectivity index (χ4n) is 4.55. The first-order valence-corrected chi connectivity index (χ1v) is 12.4. The molecule has 1 aliphatic carbocycles. The van der Waals surface area contributed by atoms with E-state index in [2.05, 4.69) is 10.4 Å². The molecule has 9 heteroatoms. The van der Waals surface area contributed by atoms with Crippen molar-refractivity contribution in [1.82, 2.24) is 19.4 Å². The third-order valence-electron chi connectivity index (χ3n) is 6.30. The van der Waals surface area contributed by atoms with Gasteiger partial charge in [-0.15, -0.1) is 0 Å². The number of carbonyl (C=O) groups is 1. The van der Waals surface area contributed by atoms with Gasteiger partial charge in [-0.2, -0.15) is 9.40 Å². The van der Waals surface area contributed by atoms with Gasteiger partial charge in [-0.05, 0) is 50.3 Å². The molecule has 1 N–H and O–H groups in total. The van der Waals surface area contributed by atoms with E-state index >= 15 is 0 Å². The lowest BCUT2D eigenvalue weighted by Crippen LogP contribution is -2.33. The van der Waals surface area contributed by atoms with E-state index < -0.39 is 10.0 Å². The molecule has 1 atom stereocenters. The predicted molar refractivity (Wildman–Crippen MR) is 117 cm³/mol. The summed E-state index contributed by atoms with van der Waals surface area (Å²) in [4.78, 5) is 13.3. The van der Waals surface area contributed by atoms with Crippen LogP contribution in [0, 0.1) is 0 Å². The van der Waals surface area contributed by atoms with Crippen LogP contribution in [0.25, 0.3) is 0 Å². The average Bonchev–Trinajstić information content (AvgIpc) is 2.97. The van der Waals surface area contributed by atoms with Crippen LogP contribution in [0.1, 0.15) is 66.2 Å². The van der Waals surface area contributed by atoms with Crippen LogP contribution in [-0.4, -0.2) is 48.6 Å². The van der Waals surface area contributed by atoms with Crippen molar-refractivity contribution in [3.8, 4) is 5.75 Å². The number of nitrogens with one attached hydrogen (secondary N) is 1. The van der Waals surface area contributed by atoms with E-state index in [0.717, 1.165) is 56.2 Å². The van der Waals surface area contributed by atoms with Crippen LogP contribution >= 0.6 is 0 Å². The van der Waals surface area contributed by atoms with Gasteiger partial charge >= 0.3 is 0 Å². The molecule has 1 unspecified atom stereocenters. The third kappa shape index (κ3) is 4.34. The second-order valence-electron chi connectivity index (χ2n) is 8.27. The number of rotatable bonds is 5. The lowest BCUT2D eigenvalue weighted by atomic mass is 9.92. The zero-order valence-corrected chi connectivity index (χ0v) is 19.0. The Balaban J connectivity index is 1.61. The summed E-state index contributed by atoms with van der Waals surface area (Å²) in [6.07, 6.45) is 8.31. The molecule has 0 saturated carbocycles. The average molecular weight is 447 g/mol. The zero-order valence-electron chi connectivity index (χ0n) is 18.1. The van der Waals surface area contributed by atoms with Crippen molar-refractivity contribution in [2.24, 2.45) is 7.05 Å². The Morgan fingerprint density at radius 1 is 1.16 bits per heavy atom. The van der Waals surface area contributed by atoms with E-state index in [9.17, 15) is 13.2 Å². The number of aromatic nitrogens is 2. The number of hydrogen-bond acceptors (Lipinski definition) is 5. The maximum Gasteiger partial charge on any atom is 0.255 e. The number of methoxy groups -OCH3 is 1. The second kappa shape index (κ2) is 9.00. The molecule has 2 aromatic rings. The summed E-state index contributed by atoms with van der Waals surface area (Å²) in [5.74, 6) is 0.0148. The quantitative estimate of drug-likeness (QED) is 0.762. The van der Waals surface area contributed by atoms with E-state index in [-0.39, 0.29) is 22.4 Å². The Labute approximate surface area is 183 Å². The molecule has 2 aliphatic rings. The van der Waals surface area contributed by atoms with E-state index in [1.54, 1.807) is 12.3 Å². The van der Waals surface area contributed by atoms with Gasteiger partial charge in [0, 0.05) is 31.4 Å². The predicted octanol–water partition coefficient (Wildman–Crippen LogP) is 2.80. The van der Waals surface area contributed by atoms with Crippen molar-refractivity contribution in [3.63, 3.8) is 0 Å². The van der Waals surface area contributed by atoms with Crippen molar-refractivity contribution in [3.05, 3.63) is 41.2 Å². The fourth-order valence-corrected chi connectivity index (χ4v) is 6.09. The molecule has 1 saturated heterocycles. The highest BCUT2D eigenvalue weighted by Gasteiger charge is 2.29. The SMILES string of the molecule is COc1ccc(S(=O)(=O)N2CCCCCC2)cc1C(=O)NC1CCCc2c1cnn2C. The maximum atomic E-state index is 13.2. The Morgan fingerprint density at radius 3 is 2.61 bits per heavy atom. The number of ether oxygens (including phenoxy) is 1. The summed E-state index contributed by atoms with van der Waals surface area (Å²) in [5, 5.41) is 7.39. The van der Waals surface area contributed by atoms with Crippen molar-refractivity contribution in [2.45, 2.75) is 55.9 Å². The molecule has 0 radical (unpaired) electrons. The van der Waals surface area contributed by atoms with Crippen molar-refractivity contribution in [2.75, 3.05) is 20.2 Å². The van der Waals surface area contributed by atoms with Gasteiger partial charge in [0.05, 0.1) is 29.8 Å². The fraction of sp³-hybridized carbons (Fsp3) is 0.545. The smallest absolute Gasteiger partial charge is 0.255 e. The first kappa shape index (κ1) is 21.8. The van der Waals surface area contributed by atoms with E-state index in [1.165, 1.54) is 23.5 Å². The normalized spacial score (nSPS) is 20.0. The topological polar surface area (TPSA) is 93.5 Å². The molecule has 8 nitrogen and oxygen atoms in total. The highest BCUT2D eigenvalue weighted by molar-refractivity contribution is 7.89. The molecule has 1 aromatic carbocycles. The van der Waals surface area contributed by atoms with Crippen LogP contribution in [0.5, 0.6) is 5.75 Å². The van der Waals surface area contributed by atoms with Gasteiger partial charge in [-0.3, -0.25) is 9.48 Å². The molecule has 168 valence electrons. The largest absolute Gasteiger partial charge is 0.496 e. The summed E-state index contributed by atoms with van der Waals surface area (Å²) < 4.78 is 35.2. The summed E-state index contributed by atoms with van der Waals surface area (Å²) in [6, 6.07) is 4.38. The molecule has 31 heavy (non-hydrogen) atoms. The molecular formula is C22H30N4O4S. The number of benzene rings is 1. The first-order valence-electron chi connectivity index (χ1n) is 10.9. The minimum atomic E-state index is -3.66. The standard InChI is InChI=1S/C22H30N4O4S/c1-25-20-9-7-8-19(18(20)15-23-25)24-22(27)17-14-16(10-11-21(17)30-2)31(28,29)26-12-5-3-4-6-13-26/h10-11,14-15,19H,3-9,12-13H2,1-2H3,(H,24,27). The van der Waals surface area contributed by atoms with Crippen molar-refractivity contribution < 1.29 is 17.9 Å². The van der Waals surface area contributed by atoms with Crippen LogP contribution in [0.4, 0.5) is 0 Å². The Kier molecular flexibility index (Phi) is 6.34. The number of aryl methyl sites for hydroxylation is 1. The number of amides is 1. The Morgan fingerprint density at radius 2 is 1.90 bits per heavy atom. The summed E-state index contributed by atoms with van der Waals surface area (Å²) >= 11 is 0. The second-order valence-corrected chi connectivity index (χ2v) is 10.2. The summed E-state index contributed by atoms with van der Waals surface area (Å²) in [7, 11) is -0.273. The van der Waals surface area contributed by atoms with Crippen LogP contribution in [-0.2, 0) is 23.5 Å². The molecule has 1 aromatic heterocycles. The van der Waals surface area contributed by atoms with Gasteiger partial charge in [0.25, 0.3) is 5.91 Å². The molecule has 1 aliphatic heterocycles. The van der Waals surface area contributed by atoms with E-state index in [4.69, 9.17) is 4.74 Å². The van der Waals surface area contributed by atoms with Crippen molar-refractivity contribution >= 4 is 15.9 Å². The number of nitrogens with zero attached hydrogens (tertiary/aromatic N) is 3. The minimum Gasteiger partial charge on any atom is -0.496 e. The van der Waals surface area contributed by atoms with Crippen LogP contribution in [0.2, 0.25) is 0 Å². The highest BCUT2D eigenvalue weighted by atomic mass is 32.2. The van der Waals surface area contributed by atoms with Crippen LogP contribution in [0.3, 0.4) is 0 Å².